The third-order valence-electron chi connectivity index (χ3n) is 5.66. The van der Waals surface area contributed by atoms with E-state index in [1.165, 1.54) is 16.8 Å². The fourth-order valence-corrected chi connectivity index (χ4v) is 3.95. The van der Waals surface area contributed by atoms with Gasteiger partial charge in [-0.3, -0.25) is 10.4 Å². The second-order valence-corrected chi connectivity index (χ2v) is 7.43. The van der Waals surface area contributed by atoms with E-state index >= 15 is 0 Å². The van der Waals surface area contributed by atoms with Gasteiger partial charge in [-0.2, -0.15) is 0 Å². The molecule has 6 heteroatoms. The summed E-state index contributed by atoms with van der Waals surface area (Å²) in [5.74, 6) is 1.72. The molecule has 27 heavy (non-hydrogen) atoms. The lowest BCUT2D eigenvalue weighted by atomic mass is 9.97. The fourth-order valence-electron chi connectivity index (χ4n) is 3.95. The molecular weight excluding hydrogens is 338 g/mol. The van der Waals surface area contributed by atoms with Gasteiger partial charge in [-0.05, 0) is 60.6 Å². The summed E-state index contributed by atoms with van der Waals surface area (Å²) < 4.78 is 6.12. The Bertz CT molecular complexity index is 786. The van der Waals surface area contributed by atoms with Crippen molar-refractivity contribution in [3.05, 3.63) is 53.9 Å². The van der Waals surface area contributed by atoms with Crippen LogP contribution in [0.5, 0.6) is 5.75 Å². The zero-order chi connectivity index (χ0) is 18.6. The van der Waals surface area contributed by atoms with Gasteiger partial charge in [0.25, 0.3) is 0 Å². The number of anilines is 1. The number of fused-ring (bicyclic) bond motifs is 1. The molecule has 1 fully saturated rings. The van der Waals surface area contributed by atoms with Gasteiger partial charge in [0.2, 0.25) is 0 Å². The maximum Gasteiger partial charge on any atom is 0.188 e. The number of piperidine rings is 1. The summed E-state index contributed by atoms with van der Waals surface area (Å²) in [5.41, 5.74) is 9.43. The highest BCUT2D eigenvalue weighted by molar-refractivity contribution is 5.75. The van der Waals surface area contributed by atoms with Crippen LogP contribution in [0.15, 0.2) is 42.7 Å². The van der Waals surface area contributed by atoms with Gasteiger partial charge in [0.1, 0.15) is 5.75 Å². The predicted octanol–water partition coefficient (Wildman–Crippen LogP) is 2.63. The van der Waals surface area contributed by atoms with Crippen molar-refractivity contribution < 1.29 is 4.74 Å². The molecule has 1 aromatic carbocycles. The number of pyridine rings is 1. The van der Waals surface area contributed by atoms with Crippen LogP contribution >= 0.6 is 0 Å². The van der Waals surface area contributed by atoms with Crippen LogP contribution in [0.25, 0.3) is 0 Å². The minimum atomic E-state index is 0.152. The van der Waals surface area contributed by atoms with Crippen LogP contribution in [-0.4, -0.2) is 42.1 Å². The summed E-state index contributed by atoms with van der Waals surface area (Å²) in [7, 11) is 0. The number of nitrogens with zero attached hydrogens (tertiary/aromatic N) is 3. The fraction of sp³-hybridized carbons (Fsp3) is 0.429. The Morgan fingerprint density at radius 2 is 1.89 bits per heavy atom. The summed E-state index contributed by atoms with van der Waals surface area (Å²) in [5, 5.41) is 7.59. The third kappa shape index (κ3) is 4.15. The van der Waals surface area contributed by atoms with Crippen LogP contribution in [0.3, 0.4) is 0 Å². The van der Waals surface area contributed by atoms with E-state index in [2.05, 4.69) is 40.2 Å². The molecule has 1 aromatic heterocycles. The van der Waals surface area contributed by atoms with Gasteiger partial charge >= 0.3 is 0 Å². The molecule has 0 saturated carbocycles. The van der Waals surface area contributed by atoms with Crippen LogP contribution in [0.4, 0.5) is 5.69 Å². The number of guanidine groups is 1. The van der Waals surface area contributed by atoms with Crippen LogP contribution in [0.2, 0.25) is 0 Å². The SMILES string of the molecule is N=C(N)N1CCc2cc(OCC3CCN(c4ccncc4)CC3)ccc2C1. The second-order valence-electron chi connectivity index (χ2n) is 7.43. The Kier molecular flexibility index (Phi) is 5.14. The van der Waals surface area contributed by atoms with Crippen molar-refractivity contribution in [1.29, 1.82) is 5.41 Å². The van der Waals surface area contributed by atoms with E-state index in [1.54, 1.807) is 0 Å². The van der Waals surface area contributed by atoms with E-state index in [0.717, 1.165) is 57.8 Å². The zero-order valence-corrected chi connectivity index (χ0v) is 15.6. The molecule has 2 aromatic rings. The first kappa shape index (κ1) is 17.6. The lowest BCUT2D eigenvalue weighted by Gasteiger charge is -2.33. The van der Waals surface area contributed by atoms with Crippen LogP contribution in [0.1, 0.15) is 24.0 Å². The van der Waals surface area contributed by atoms with Crippen molar-refractivity contribution in [3.63, 3.8) is 0 Å². The van der Waals surface area contributed by atoms with Crippen molar-refractivity contribution in [2.75, 3.05) is 31.1 Å². The van der Waals surface area contributed by atoms with Gasteiger partial charge in [-0.15, -0.1) is 0 Å². The van der Waals surface area contributed by atoms with E-state index < -0.39 is 0 Å². The van der Waals surface area contributed by atoms with E-state index in [4.69, 9.17) is 15.9 Å². The minimum absolute atomic E-state index is 0.152. The van der Waals surface area contributed by atoms with Gasteiger partial charge in [-0.1, -0.05) is 6.07 Å². The molecule has 0 atom stereocenters. The summed E-state index contributed by atoms with van der Waals surface area (Å²) in [6.45, 7) is 4.45. The highest BCUT2D eigenvalue weighted by Crippen LogP contribution is 2.26. The number of rotatable bonds is 4. The summed E-state index contributed by atoms with van der Waals surface area (Å²) >= 11 is 0. The van der Waals surface area contributed by atoms with Crippen LogP contribution in [0, 0.1) is 11.3 Å². The van der Waals surface area contributed by atoms with E-state index in [0.29, 0.717) is 5.92 Å². The van der Waals surface area contributed by atoms with E-state index in [9.17, 15) is 0 Å². The number of nitrogens with two attached hydrogens (primary N) is 1. The predicted molar refractivity (Wildman–Crippen MR) is 107 cm³/mol. The van der Waals surface area contributed by atoms with Gasteiger partial charge in [0.05, 0.1) is 6.61 Å². The van der Waals surface area contributed by atoms with Crippen LogP contribution in [-0.2, 0) is 13.0 Å². The zero-order valence-electron chi connectivity index (χ0n) is 15.6. The summed E-state index contributed by atoms with van der Waals surface area (Å²) in [6.07, 6.45) is 6.94. The maximum absolute atomic E-state index is 7.59. The summed E-state index contributed by atoms with van der Waals surface area (Å²) in [4.78, 5) is 8.43. The van der Waals surface area contributed by atoms with Crippen molar-refractivity contribution in [3.8, 4) is 5.75 Å². The molecule has 142 valence electrons. The Morgan fingerprint density at radius 3 is 2.63 bits per heavy atom. The Hall–Kier alpha value is -2.76. The molecule has 2 aliphatic rings. The third-order valence-corrected chi connectivity index (χ3v) is 5.66. The van der Waals surface area contributed by atoms with E-state index in [1.807, 2.05) is 17.3 Å². The number of aromatic nitrogens is 1. The average Bonchev–Trinajstić information content (AvgIpc) is 2.72. The molecule has 6 nitrogen and oxygen atoms in total. The molecule has 0 bridgehead atoms. The van der Waals surface area contributed by atoms with E-state index in [-0.39, 0.29) is 5.96 Å². The van der Waals surface area contributed by atoms with Crippen molar-refractivity contribution in [2.24, 2.45) is 11.7 Å². The first-order valence-corrected chi connectivity index (χ1v) is 9.67. The van der Waals surface area contributed by atoms with Crippen molar-refractivity contribution in [1.82, 2.24) is 9.88 Å². The Morgan fingerprint density at radius 1 is 1.11 bits per heavy atom. The standard InChI is InChI=1S/C21H27N5O/c22-21(23)26-12-7-17-13-20(2-1-18(17)14-26)27-15-16-5-10-25(11-6-16)19-3-8-24-9-4-19/h1-4,8-9,13,16H,5-7,10-12,14-15H2,(H3,22,23). The Labute approximate surface area is 160 Å². The number of ether oxygens (including phenoxy) is 1. The topological polar surface area (TPSA) is 78.5 Å². The number of hydrogen-bond acceptors (Lipinski definition) is 4. The maximum atomic E-state index is 7.59. The lowest BCUT2D eigenvalue weighted by Crippen LogP contribution is -2.40. The first-order valence-electron chi connectivity index (χ1n) is 9.67. The normalized spacial score (nSPS) is 17.5. The molecule has 2 aliphatic heterocycles. The number of hydrogen-bond donors (Lipinski definition) is 2. The minimum Gasteiger partial charge on any atom is -0.493 e. The number of nitrogens with one attached hydrogen (secondary N) is 1. The van der Waals surface area contributed by atoms with Crippen molar-refractivity contribution >= 4 is 11.6 Å². The molecular formula is C21H27N5O. The van der Waals surface area contributed by atoms with Gasteiger partial charge < -0.3 is 20.3 Å². The molecule has 0 unspecified atom stereocenters. The smallest absolute Gasteiger partial charge is 0.188 e. The molecule has 0 aliphatic carbocycles. The molecule has 0 amide bonds. The Balaban J connectivity index is 1.28. The molecule has 3 N–H and O–H groups in total. The van der Waals surface area contributed by atoms with Crippen LogP contribution < -0.4 is 15.4 Å². The molecule has 0 spiro atoms. The number of benzene rings is 1. The lowest BCUT2D eigenvalue weighted by molar-refractivity contribution is 0.222. The van der Waals surface area contributed by atoms with Gasteiger partial charge in [-0.25, -0.2) is 0 Å². The first-order chi connectivity index (χ1) is 13.2. The quantitative estimate of drug-likeness (QED) is 0.643. The second kappa shape index (κ2) is 7.86. The highest BCUT2D eigenvalue weighted by Gasteiger charge is 2.21. The van der Waals surface area contributed by atoms with Crippen molar-refractivity contribution in [2.45, 2.75) is 25.8 Å². The van der Waals surface area contributed by atoms with Gasteiger partial charge in [0.15, 0.2) is 5.96 Å². The average molecular weight is 365 g/mol. The monoisotopic (exact) mass is 365 g/mol. The molecule has 3 heterocycles. The molecule has 1 saturated heterocycles. The molecule has 4 rings (SSSR count). The van der Waals surface area contributed by atoms with Gasteiger partial charge in [0, 0.05) is 44.3 Å². The molecule has 0 radical (unpaired) electrons. The highest BCUT2D eigenvalue weighted by atomic mass is 16.5. The largest absolute Gasteiger partial charge is 0.493 e. The summed E-state index contributed by atoms with van der Waals surface area (Å²) in [6, 6.07) is 10.5.